The fourth-order valence-electron chi connectivity index (χ4n) is 3.67. The first kappa shape index (κ1) is 26.3. The number of hydrazine groups is 1. The number of carbonyl (C=O) groups excluding carboxylic acids is 2. The first-order chi connectivity index (χ1) is 16.8. The molecule has 1 aliphatic rings. The van der Waals surface area contributed by atoms with E-state index in [9.17, 15) is 9.59 Å². The van der Waals surface area contributed by atoms with Gasteiger partial charge in [0, 0.05) is 57.8 Å². The summed E-state index contributed by atoms with van der Waals surface area (Å²) in [5.74, 6) is 6.67. The molecule has 10 nitrogen and oxygen atoms in total. The number of halogens is 1. The molecule has 2 amide bonds. The number of hydrogen-bond donors (Lipinski definition) is 2. The van der Waals surface area contributed by atoms with Crippen molar-refractivity contribution in [1.29, 1.82) is 0 Å². The number of hydrogen-bond acceptors (Lipinski definition) is 8. The van der Waals surface area contributed by atoms with Gasteiger partial charge in [-0.15, -0.1) is 0 Å². The summed E-state index contributed by atoms with van der Waals surface area (Å²) in [7, 11) is 3.19. The van der Waals surface area contributed by atoms with Gasteiger partial charge >= 0.3 is 0 Å². The van der Waals surface area contributed by atoms with E-state index < -0.39 is 0 Å². The van der Waals surface area contributed by atoms with E-state index in [4.69, 9.17) is 26.9 Å². The molecule has 3 N–H and O–H groups in total. The Bertz CT molecular complexity index is 1070. The predicted molar refractivity (Wildman–Crippen MR) is 135 cm³/mol. The molecule has 35 heavy (non-hydrogen) atoms. The molecule has 1 aromatic carbocycles. The Hall–Kier alpha value is -3.34. The highest BCUT2D eigenvalue weighted by Crippen LogP contribution is 2.29. The summed E-state index contributed by atoms with van der Waals surface area (Å²) >= 11 is 6.04. The molecule has 1 aromatic heterocycles. The van der Waals surface area contributed by atoms with Crippen LogP contribution in [0.15, 0.2) is 42.1 Å². The Morgan fingerprint density at radius 2 is 2.00 bits per heavy atom. The van der Waals surface area contributed by atoms with Crippen LogP contribution in [0.25, 0.3) is 5.70 Å². The van der Waals surface area contributed by atoms with Crippen LogP contribution in [-0.4, -0.2) is 85.1 Å². The number of amides is 2. The van der Waals surface area contributed by atoms with E-state index in [-0.39, 0.29) is 11.8 Å². The standard InChI is InChI=1S/C24H31ClN6O4/c1-17(32)31-9-7-30(8-10-31)11-12-35-24-21(22(15-25)29(2)26)14-19(16-27-24)28-23(33)18-5-4-6-20(13-18)34-3/h4-6,13-16H,7-12,26H2,1-3H3,(H,28,33)/b22-15+. The second-order valence-corrected chi connectivity index (χ2v) is 8.28. The molecule has 0 spiro atoms. The maximum Gasteiger partial charge on any atom is 0.255 e. The van der Waals surface area contributed by atoms with Crippen molar-refractivity contribution in [3.63, 3.8) is 0 Å². The number of ether oxygens (including phenoxy) is 2. The second kappa shape index (κ2) is 12.4. The molecule has 0 aliphatic carbocycles. The van der Waals surface area contributed by atoms with Crippen LogP contribution in [0.3, 0.4) is 0 Å². The zero-order valence-electron chi connectivity index (χ0n) is 20.2. The summed E-state index contributed by atoms with van der Waals surface area (Å²) in [6.07, 6.45) is 1.52. The van der Waals surface area contributed by atoms with Gasteiger partial charge in [0.1, 0.15) is 12.4 Å². The van der Waals surface area contributed by atoms with Crippen LogP contribution in [0.5, 0.6) is 11.6 Å². The van der Waals surface area contributed by atoms with Crippen molar-refractivity contribution < 1.29 is 19.1 Å². The van der Waals surface area contributed by atoms with Gasteiger partial charge in [-0.25, -0.2) is 10.8 Å². The minimum absolute atomic E-state index is 0.0969. The SMILES string of the molecule is COc1cccc(C(=O)Nc2cnc(OCCN3CCN(C(C)=O)CC3)c(/C(=C\Cl)N(C)N)c2)c1. The van der Waals surface area contributed by atoms with Crippen molar-refractivity contribution in [2.75, 3.05) is 58.8 Å². The Balaban J connectivity index is 1.70. The third kappa shape index (κ3) is 7.08. The second-order valence-electron chi connectivity index (χ2n) is 8.06. The van der Waals surface area contributed by atoms with Crippen LogP contribution in [0, 0.1) is 0 Å². The maximum atomic E-state index is 12.7. The number of benzene rings is 1. The number of aromatic nitrogens is 1. The molecule has 0 atom stereocenters. The number of nitrogens with two attached hydrogens (primary N) is 1. The van der Waals surface area contributed by atoms with Gasteiger partial charge in [0.25, 0.3) is 5.91 Å². The van der Waals surface area contributed by atoms with Gasteiger partial charge in [-0.05, 0) is 24.3 Å². The molecule has 1 saturated heterocycles. The number of nitrogens with one attached hydrogen (secondary N) is 1. The van der Waals surface area contributed by atoms with Crippen molar-refractivity contribution in [3.05, 3.63) is 53.2 Å². The van der Waals surface area contributed by atoms with Crippen LogP contribution < -0.4 is 20.6 Å². The molecule has 1 fully saturated rings. The third-order valence-corrected chi connectivity index (χ3v) is 5.87. The fourth-order valence-corrected chi connectivity index (χ4v) is 3.94. The quantitative estimate of drug-likeness (QED) is 0.396. The molecular weight excluding hydrogens is 472 g/mol. The normalized spacial score (nSPS) is 14.4. The lowest BCUT2D eigenvalue weighted by Crippen LogP contribution is -2.48. The highest BCUT2D eigenvalue weighted by molar-refractivity contribution is 6.28. The molecule has 0 saturated carbocycles. The van der Waals surface area contributed by atoms with Crippen LogP contribution in [0.2, 0.25) is 0 Å². The minimum Gasteiger partial charge on any atom is -0.497 e. The largest absolute Gasteiger partial charge is 0.497 e. The molecule has 2 heterocycles. The fraction of sp³-hybridized carbons (Fsp3) is 0.375. The zero-order valence-corrected chi connectivity index (χ0v) is 20.9. The number of anilines is 1. The summed E-state index contributed by atoms with van der Waals surface area (Å²) in [6.45, 7) is 5.65. The van der Waals surface area contributed by atoms with Gasteiger partial charge in [-0.1, -0.05) is 17.7 Å². The lowest BCUT2D eigenvalue weighted by molar-refractivity contribution is -0.130. The predicted octanol–water partition coefficient (Wildman–Crippen LogP) is 2.23. The lowest BCUT2D eigenvalue weighted by Gasteiger charge is -2.34. The average Bonchev–Trinajstić information content (AvgIpc) is 2.85. The lowest BCUT2D eigenvalue weighted by atomic mass is 10.1. The van der Waals surface area contributed by atoms with Crippen LogP contribution >= 0.6 is 11.6 Å². The van der Waals surface area contributed by atoms with E-state index >= 15 is 0 Å². The molecule has 188 valence electrons. The number of nitrogens with zero attached hydrogens (tertiary/aromatic N) is 4. The van der Waals surface area contributed by atoms with Gasteiger partial charge in [0.05, 0.1) is 30.3 Å². The van der Waals surface area contributed by atoms with Crippen molar-refractivity contribution in [1.82, 2.24) is 19.8 Å². The summed E-state index contributed by atoms with van der Waals surface area (Å²) < 4.78 is 11.2. The highest BCUT2D eigenvalue weighted by Gasteiger charge is 2.20. The average molecular weight is 503 g/mol. The van der Waals surface area contributed by atoms with Gasteiger partial charge in [-0.2, -0.15) is 0 Å². The summed E-state index contributed by atoms with van der Waals surface area (Å²) in [5, 5.41) is 4.19. The van der Waals surface area contributed by atoms with E-state index in [1.54, 1.807) is 51.4 Å². The van der Waals surface area contributed by atoms with E-state index in [1.807, 2.05) is 4.90 Å². The third-order valence-electron chi connectivity index (χ3n) is 5.66. The monoisotopic (exact) mass is 502 g/mol. The molecule has 2 aromatic rings. The smallest absolute Gasteiger partial charge is 0.255 e. The number of rotatable bonds is 9. The number of piperazine rings is 1. The number of carbonyl (C=O) groups is 2. The van der Waals surface area contributed by atoms with Gasteiger partial charge in [-0.3, -0.25) is 14.5 Å². The van der Waals surface area contributed by atoms with Crippen molar-refractivity contribution in [2.45, 2.75) is 6.92 Å². The molecule has 0 bridgehead atoms. The topological polar surface area (TPSA) is 113 Å². The number of methoxy groups -OCH3 is 1. The zero-order chi connectivity index (χ0) is 25.4. The Morgan fingerprint density at radius 1 is 1.26 bits per heavy atom. The minimum atomic E-state index is -0.312. The van der Waals surface area contributed by atoms with Crippen LogP contribution in [0.4, 0.5) is 5.69 Å². The maximum absolute atomic E-state index is 12.7. The Kier molecular flexibility index (Phi) is 9.30. The van der Waals surface area contributed by atoms with Crippen LogP contribution in [-0.2, 0) is 4.79 Å². The van der Waals surface area contributed by atoms with E-state index in [1.165, 1.54) is 16.7 Å². The van der Waals surface area contributed by atoms with E-state index in [2.05, 4.69) is 15.2 Å². The summed E-state index contributed by atoms with van der Waals surface area (Å²) in [6, 6.07) is 8.56. The molecule has 1 aliphatic heterocycles. The first-order valence-electron chi connectivity index (χ1n) is 11.2. The van der Waals surface area contributed by atoms with Gasteiger partial charge < -0.3 is 24.7 Å². The Morgan fingerprint density at radius 3 is 2.63 bits per heavy atom. The molecular formula is C24H31ClN6O4. The van der Waals surface area contributed by atoms with Gasteiger partial charge in [0.15, 0.2) is 0 Å². The molecule has 11 heteroatoms. The van der Waals surface area contributed by atoms with Crippen molar-refractivity contribution >= 4 is 34.8 Å². The van der Waals surface area contributed by atoms with Crippen molar-refractivity contribution in [3.8, 4) is 11.6 Å². The molecule has 0 radical (unpaired) electrons. The van der Waals surface area contributed by atoms with Gasteiger partial charge in [0.2, 0.25) is 11.8 Å². The summed E-state index contributed by atoms with van der Waals surface area (Å²) in [4.78, 5) is 32.7. The molecule has 0 unspecified atom stereocenters. The summed E-state index contributed by atoms with van der Waals surface area (Å²) in [5.41, 5.74) is 3.24. The van der Waals surface area contributed by atoms with E-state index in [0.717, 1.165) is 13.1 Å². The van der Waals surface area contributed by atoms with E-state index in [0.29, 0.717) is 60.4 Å². The Labute approximate surface area is 210 Å². The first-order valence-corrected chi connectivity index (χ1v) is 11.6. The highest BCUT2D eigenvalue weighted by atomic mass is 35.5. The van der Waals surface area contributed by atoms with Crippen molar-refractivity contribution in [2.24, 2.45) is 5.84 Å². The molecule has 3 rings (SSSR count). The number of pyridine rings is 1. The van der Waals surface area contributed by atoms with Crippen LogP contribution in [0.1, 0.15) is 22.8 Å².